The molecule has 0 atom stereocenters. The van der Waals surface area contributed by atoms with Gasteiger partial charge in [-0.1, -0.05) is 0 Å². The van der Waals surface area contributed by atoms with Gasteiger partial charge < -0.3 is 14.6 Å². The van der Waals surface area contributed by atoms with Gasteiger partial charge in [0.2, 0.25) is 6.79 Å². The number of ether oxygens (including phenoxy) is 2. The van der Waals surface area contributed by atoms with Gasteiger partial charge in [0.05, 0.1) is 5.69 Å². The van der Waals surface area contributed by atoms with Crippen LogP contribution in [-0.4, -0.2) is 25.0 Å². The molecule has 0 radical (unpaired) electrons. The summed E-state index contributed by atoms with van der Waals surface area (Å²) in [5.74, 6) is 1.29. The predicted octanol–water partition coefficient (Wildman–Crippen LogP) is 1.03. The number of rotatable bonds is 2. The van der Waals surface area contributed by atoms with Gasteiger partial charge >= 0.3 is 6.09 Å². The lowest BCUT2D eigenvalue weighted by Gasteiger charge is -2.18. The van der Waals surface area contributed by atoms with Crippen molar-refractivity contribution >= 4 is 11.8 Å². The summed E-state index contributed by atoms with van der Waals surface area (Å²) < 4.78 is 10.3. The van der Waals surface area contributed by atoms with Gasteiger partial charge in [-0.05, 0) is 12.1 Å². The van der Waals surface area contributed by atoms with E-state index in [4.69, 9.17) is 14.6 Å². The van der Waals surface area contributed by atoms with Gasteiger partial charge in [-0.3, -0.25) is 5.01 Å². The van der Waals surface area contributed by atoms with Crippen molar-refractivity contribution in [1.29, 1.82) is 0 Å². The number of carbonyl (C=O) groups is 1. The molecule has 1 aromatic rings. The number of amides is 1. The van der Waals surface area contributed by atoms with Crippen LogP contribution in [0.15, 0.2) is 18.2 Å². The van der Waals surface area contributed by atoms with E-state index in [0.29, 0.717) is 17.2 Å². The first-order valence-electron chi connectivity index (χ1n) is 4.30. The Morgan fingerprint density at radius 2 is 2.20 bits per heavy atom. The van der Waals surface area contributed by atoms with E-state index in [9.17, 15) is 4.79 Å². The maximum Gasteiger partial charge on any atom is 0.423 e. The Kier molecular flexibility index (Phi) is 2.24. The number of nitrogens with one attached hydrogen (secondary N) is 1. The average molecular weight is 210 g/mol. The van der Waals surface area contributed by atoms with Crippen molar-refractivity contribution in [3.8, 4) is 11.5 Å². The standard InChI is InChI=1S/C9H10N2O4/c1-11(10-9(12)13)6-2-3-7-8(4-6)15-5-14-7/h2-4,10H,5H2,1H3,(H,12,13). The molecule has 1 aromatic carbocycles. The number of hydrogen-bond donors (Lipinski definition) is 2. The number of anilines is 1. The van der Waals surface area contributed by atoms with E-state index in [2.05, 4.69) is 5.43 Å². The smallest absolute Gasteiger partial charge is 0.423 e. The Balaban J connectivity index is 2.19. The van der Waals surface area contributed by atoms with Gasteiger partial charge in [-0.25, -0.2) is 10.2 Å². The Morgan fingerprint density at radius 3 is 2.93 bits per heavy atom. The van der Waals surface area contributed by atoms with E-state index in [1.54, 1.807) is 25.2 Å². The van der Waals surface area contributed by atoms with Crippen molar-refractivity contribution in [3.05, 3.63) is 18.2 Å². The fraction of sp³-hybridized carbons (Fsp3) is 0.222. The van der Waals surface area contributed by atoms with Crippen LogP contribution in [0.5, 0.6) is 11.5 Å². The van der Waals surface area contributed by atoms with Crippen molar-refractivity contribution in [2.45, 2.75) is 0 Å². The van der Waals surface area contributed by atoms with Gasteiger partial charge in [0, 0.05) is 13.1 Å². The van der Waals surface area contributed by atoms with Crippen LogP contribution in [0.1, 0.15) is 0 Å². The summed E-state index contributed by atoms with van der Waals surface area (Å²) in [6.07, 6.45) is -1.12. The van der Waals surface area contributed by atoms with Gasteiger partial charge in [0.1, 0.15) is 0 Å². The van der Waals surface area contributed by atoms with Crippen LogP contribution in [0.2, 0.25) is 0 Å². The summed E-state index contributed by atoms with van der Waals surface area (Å²) in [6.45, 7) is 0.203. The number of nitrogens with zero attached hydrogens (tertiary/aromatic N) is 1. The largest absolute Gasteiger partial charge is 0.464 e. The number of carboxylic acid groups (broad SMARTS) is 1. The molecule has 1 amide bonds. The van der Waals surface area contributed by atoms with Crippen molar-refractivity contribution in [2.75, 3.05) is 18.8 Å². The molecule has 0 unspecified atom stereocenters. The van der Waals surface area contributed by atoms with Gasteiger partial charge in [-0.2, -0.15) is 0 Å². The molecule has 0 saturated heterocycles. The average Bonchev–Trinajstić information content (AvgIpc) is 2.62. The number of benzene rings is 1. The maximum absolute atomic E-state index is 10.4. The Labute approximate surface area is 86.0 Å². The molecule has 0 aromatic heterocycles. The second-order valence-electron chi connectivity index (χ2n) is 3.01. The molecule has 15 heavy (non-hydrogen) atoms. The molecule has 1 aliphatic rings. The topological polar surface area (TPSA) is 71.0 Å². The first kappa shape index (κ1) is 9.45. The van der Waals surface area contributed by atoms with E-state index < -0.39 is 6.09 Å². The summed E-state index contributed by atoms with van der Waals surface area (Å²) in [7, 11) is 1.60. The second-order valence-corrected chi connectivity index (χ2v) is 3.01. The molecule has 1 aliphatic heterocycles. The maximum atomic E-state index is 10.4. The van der Waals surface area contributed by atoms with Crippen LogP contribution in [0, 0.1) is 0 Å². The van der Waals surface area contributed by atoms with Crippen molar-refractivity contribution in [1.82, 2.24) is 5.43 Å². The first-order valence-corrected chi connectivity index (χ1v) is 4.30. The van der Waals surface area contributed by atoms with Gasteiger partial charge in [-0.15, -0.1) is 0 Å². The van der Waals surface area contributed by atoms with E-state index in [0.717, 1.165) is 0 Å². The van der Waals surface area contributed by atoms with Crippen molar-refractivity contribution < 1.29 is 19.4 Å². The van der Waals surface area contributed by atoms with E-state index >= 15 is 0 Å². The zero-order valence-corrected chi connectivity index (χ0v) is 8.06. The minimum Gasteiger partial charge on any atom is -0.464 e. The molecule has 0 bridgehead atoms. The summed E-state index contributed by atoms with van der Waals surface area (Å²) >= 11 is 0. The lowest BCUT2D eigenvalue weighted by molar-refractivity contribution is 0.174. The summed E-state index contributed by atoms with van der Waals surface area (Å²) in [5.41, 5.74) is 2.89. The Bertz CT molecular complexity index is 394. The fourth-order valence-corrected chi connectivity index (χ4v) is 1.30. The third-order valence-corrected chi connectivity index (χ3v) is 2.01. The third kappa shape index (κ3) is 1.88. The van der Waals surface area contributed by atoms with E-state index in [1.165, 1.54) is 5.01 Å². The van der Waals surface area contributed by atoms with Crippen LogP contribution < -0.4 is 19.9 Å². The second kappa shape index (κ2) is 3.56. The highest BCUT2D eigenvalue weighted by Gasteiger charge is 2.14. The molecular weight excluding hydrogens is 200 g/mol. The molecule has 0 fully saturated rings. The van der Waals surface area contributed by atoms with Crippen LogP contribution >= 0.6 is 0 Å². The highest BCUT2D eigenvalue weighted by atomic mass is 16.7. The normalized spacial score (nSPS) is 12.3. The molecule has 2 rings (SSSR count). The van der Waals surface area contributed by atoms with Crippen LogP contribution in [0.25, 0.3) is 0 Å². The van der Waals surface area contributed by atoms with Gasteiger partial charge in [0.25, 0.3) is 0 Å². The zero-order chi connectivity index (χ0) is 10.8. The van der Waals surface area contributed by atoms with Crippen LogP contribution in [0.3, 0.4) is 0 Å². The highest BCUT2D eigenvalue weighted by molar-refractivity contribution is 5.68. The molecule has 2 N–H and O–H groups in total. The van der Waals surface area contributed by atoms with E-state index in [-0.39, 0.29) is 6.79 Å². The predicted molar refractivity (Wildman–Crippen MR) is 52.1 cm³/mol. The number of hydrazine groups is 1. The SMILES string of the molecule is CN(NC(=O)O)c1ccc2c(c1)OCO2. The summed E-state index contributed by atoms with van der Waals surface area (Å²) in [6, 6.07) is 5.18. The molecular formula is C9H10N2O4. The first-order chi connectivity index (χ1) is 7.16. The fourth-order valence-electron chi connectivity index (χ4n) is 1.30. The molecule has 6 heteroatoms. The van der Waals surface area contributed by atoms with Crippen molar-refractivity contribution in [3.63, 3.8) is 0 Å². The molecule has 80 valence electrons. The highest BCUT2D eigenvalue weighted by Crippen LogP contribution is 2.34. The third-order valence-electron chi connectivity index (χ3n) is 2.01. The van der Waals surface area contributed by atoms with Crippen molar-refractivity contribution in [2.24, 2.45) is 0 Å². The summed E-state index contributed by atoms with van der Waals surface area (Å²) in [4.78, 5) is 10.4. The minimum atomic E-state index is -1.12. The molecule has 0 spiro atoms. The van der Waals surface area contributed by atoms with Crippen LogP contribution in [-0.2, 0) is 0 Å². The number of fused-ring (bicyclic) bond motifs is 1. The zero-order valence-electron chi connectivity index (χ0n) is 8.06. The minimum absolute atomic E-state index is 0.203. The quantitative estimate of drug-likeness (QED) is 0.713. The van der Waals surface area contributed by atoms with Crippen LogP contribution in [0.4, 0.5) is 10.5 Å². The lowest BCUT2D eigenvalue weighted by Crippen LogP contribution is -2.38. The molecule has 6 nitrogen and oxygen atoms in total. The lowest BCUT2D eigenvalue weighted by atomic mass is 10.3. The Morgan fingerprint density at radius 1 is 1.47 bits per heavy atom. The Hall–Kier alpha value is -2.11. The number of hydrogen-bond acceptors (Lipinski definition) is 4. The molecule has 0 aliphatic carbocycles. The summed E-state index contributed by atoms with van der Waals surface area (Å²) in [5, 5.41) is 9.91. The molecule has 0 saturated carbocycles. The molecule has 1 heterocycles. The van der Waals surface area contributed by atoms with Gasteiger partial charge in [0.15, 0.2) is 11.5 Å². The monoisotopic (exact) mass is 210 g/mol. The van der Waals surface area contributed by atoms with E-state index in [1.807, 2.05) is 0 Å².